The molecular formula is C12H24N2. The van der Waals surface area contributed by atoms with Gasteiger partial charge in [-0.1, -0.05) is 6.92 Å². The highest BCUT2D eigenvalue weighted by Gasteiger charge is 2.33. The number of rotatable bonds is 2. The van der Waals surface area contributed by atoms with E-state index in [2.05, 4.69) is 18.7 Å². The molecule has 1 heterocycles. The zero-order valence-electron chi connectivity index (χ0n) is 9.58. The Kier molecular flexibility index (Phi) is 3.13. The van der Waals surface area contributed by atoms with E-state index in [1.165, 1.54) is 38.8 Å². The number of hydrogen-bond acceptors (Lipinski definition) is 2. The van der Waals surface area contributed by atoms with E-state index in [1.54, 1.807) is 0 Å². The van der Waals surface area contributed by atoms with E-state index in [0.717, 1.165) is 17.9 Å². The van der Waals surface area contributed by atoms with E-state index in [1.807, 2.05) is 0 Å². The van der Waals surface area contributed by atoms with E-state index < -0.39 is 0 Å². The van der Waals surface area contributed by atoms with E-state index in [-0.39, 0.29) is 0 Å². The van der Waals surface area contributed by atoms with E-state index in [9.17, 15) is 0 Å². The molecule has 2 atom stereocenters. The van der Waals surface area contributed by atoms with Gasteiger partial charge in [0.1, 0.15) is 0 Å². The first-order chi connectivity index (χ1) is 6.66. The minimum atomic E-state index is 0.385. The summed E-state index contributed by atoms with van der Waals surface area (Å²) in [7, 11) is 0. The molecule has 2 rings (SSSR count). The van der Waals surface area contributed by atoms with Crippen LogP contribution in [0.1, 0.15) is 39.5 Å². The molecule has 0 bridgehead atoms. The van der Waals surface area contributed by atoms with Gasteiger partial charge in [-0.2, -0.15) is 0 Å². The number of hydrogen-bond donors (Lipinski definition) is 1. The third-order valence-electron chi connectivity index (χ3n) is 4.10. The van der Waals surface area contributed by atoms with Crippen LogP contribution in [0.15, 0.2) is 0 Å². The Balaban J connectivity index is 1.82. The van der Waals surface area contributed by atoms with Crippen molar-refractivity contribution in [3.8, 4) is 0 Å². The smallest absolute Gasteiger partial charge is 0.0100 e. The summed E-state index contributed by atoms with van der Waals surface area (Å²) < 4.78 is 0. The second-order valence-corrected chi connectivity index (χ2v) is 5.49. The summed E-state index contributed by atoms with van der Waals surface area (Å²) in [4.78, 5) is 2.69. The van der Waals surface area contributed by atoms with Gasteiger partial charge in [0.25, 0.3) is 0 Å². The van der Waals surface area contributed by atoms with Crippen LogP contribution in [-0.4, -0.2) is 30.1 Å². The van der Waals surface area contributed by atoms with Gasteiger partial charge in [0.15, 0.2) is 0 Å². The number of nitrogens with two attached hydrogens (primary N) is 1. The number of piperidine rings is 1. The molecule has 82 valence electrons. The van der Waals surface area contributed by atoms with E-state index in [0.29, 0.717) is 6.04 Å². The fraction of sp³-hybridized carbons (Fsp3) is 1.00. The largest absolute Gasteiger partial charge is 0.328 e. The molecule has 1 saturated carbocycles. The highest BCUT2D eigenvalue weighted by molar-refractivity contribution is 4.89. The molecule has 0 aromatic rings. The summed E-state index contributed by atoms with van der Waals surface area (Å²) in [6, 6.07) is 1.28. The van der Waals surface area contributed by atoms with Gasteiger partial charge < -0.3 is 10.6 Å². The normalized spacial score (nSPS) is 41.8. The summed E-state index contributed by atoms with van der Waals surface area (Å²) in [5.74, 6) is 1.72. The van der Waals surface area contributed by atoms with Crippen LogP contribution in [0.4, 0.5) is 0 Å². The Morgan fingerprint density at radius 1 is 1.36 bits per heavy atom. The van der Waals surface area contributed by atoms with Crippen LogP contribution in [0, 0.1) is 11.8 Å². The first-order valence-electron chi connectivity index (χ1n) is 6.16. The van der Waals surface area contributed by atoms with Crippen LogP contribution in [0.5, 0.6) is 0 Å². The molecule has 2 unspecified atom stereocenters. The Labute approximate surface area is 87.8 Å². The molecule has 14 heavy (non-hydrogen) atoms. The summed E-state index contributed by atoms with van der Waals surface area (Å²) in [5.41, 5.74) is 5.99. The first-order valence-corrected chi connectivity index (χ1v) is 6.16. The van der Waals surface area contributed by atoms with Crippen LogP contribution in [0.2, 0.25) is 0 Å². The van der Waals surface area contributed by atoms with Gasteiger partial charge in [-0.05, 0) is 51.0 Å². The lowest BCUT2D eigenvalue weighted by molar-refractivity contribution is 0.0437. The summed E-state index contributed by atoms with van der Waals surface area (Å²) in [6.45, 7) is 7.11. The maximum absolute atomic E-state index is 5.99. The quantitative estimate of drug-likeness (QED) is 0.730. The highest BCUT2D eigenvalue weighted by atomic mass is 15.2. The second kappa shape index (κ2) is 4.19. The monoisotopic (exact) mass is 196 g/mol. The zero-order chi connectivity index (χ0) is 10.1. The third-order valence-corrected chi connectivity index (χ3v) is 4.10. The summed E-state index contributed by atoms with van der Waals surface area (Å²) >= 11 is 0. The maximum Gasteiger partial charge on any atom is 0.0100 e. The predicted octanol–water partition coefficient (Wildman–Crippen LogP) is 1.84. The van der Waals surface area contributed by atoms with Crippen molar-refractivity contribution in [2.24, 2.45) is 17.6 Å². The molecule has 0 radical (unpaired) electrons. The van der Waals surface area contributed by atoms with Crippen molar-refractivity contribution in [3.63, 3.8) is 0 Å². The van der Waals surface area contributed by atoms with Gasteiger partial charge in [0.05, 0.1) is 0 Å². The Morgan fingerprint density at radius 3 is 2.64 bits per heavy atom. The van der Waals surface area contributed by atoms with Gasteiger partial charge in [0.2, 0.25) is 0 Å². The minimum absolute atomic E-state index is 0.385. The number of nitrogens with zero attached hydrogens (tertiary/aromatic N) is 1. The zero-order valence-corrected chi connectivity index (χ0v) is 9.58. The first kappa shape index (κ1) is 10.4. The molecule has 0 spiro atoms. The van der Waals surface area contributed by atoms with Gasteiger partial charge in [0, 0.05) is 18.6 Å². The van der Waals surface area contributed by atoms with Gasteiger partial charge in [-0.15, -0.1) is 0 Å². The highest BCUT2D eigenvalue weighted by Crippen LogP contribution is 2.33. The maximum atomic E-state index is 5.99. The topological polar surface area (TPSA) is 29.3 Å². The van der Waals surface area contributed by atoms with Crippen molar-refractivity contribution in [2.45, 2.75) is 51.6 Å². The molecule has 2 fully saturated rings. The van der Waals surface area contributed by atoms with Gasteiger partial charge in [-0.25, -0.2) is 0 Å². The Bertz CT molecular complexity index is 185. The van der Waals surface area contributed by atoms with E-state index >= 15 is 0 Å². The standard InChI is InChI=1S/C12H24N2/c1-9-6-12(7-9)14-5-3-4-11(8-14)10(2)13/h9-12H,3-8,13H2,1-2H3. The van der Waals surface area contributed by atoms with Gasteiger partial charge in [-0.3, -0.25) is 0 Å². The van der Waals surface area contributed by atoms with Crippen molar-refractivity contribution in [3.05, 3.63) is 0 Å². The Hall–Kier alpha value is -0.0800. The van der Waals surface area contributed by atoms with E-state index in [4.69, 9.17) is 5.73 Å². The lowest BCUT2D eigenvalue weighted by Crippen LogP contribution is -2.51. The van der Waals surface area contributed by atoms with Crippen LogP contribution >= 0.6 is 0 Å². The molecule has 0 amide bonds. The molecule has 0 aromatic carbocycles. The van der Waals surface area contributed by atoms with Crippen molar-refractivity contribution in [1.29, 1.82) is 0 Å². The molecule has 1 saturated heterocycles. The summed E-state index contributed by atoms with van der Waals surface area (Å²) in [6.07, 6.45) is 5.55. The van der Waals surface area contributed by atoms with Gasteiger partial charge >= 0.3 is 0 Å². The molecule has 1 aliphatic carbocycles. The lowest BCUT2D eigenvalue weighted by Gasteiger charge is -2.46. The second-order valence-electron chi connectivity index (χ2n) is 5.49. The third kappa shape index (κ3) is 2.12. The lowest BCUT2D eigenvalue weighted by atomic mass is 9.79. The van der Waals surface area contributed by atoms with Crippen LogP contribution in [-0.2, 0) is 0 Å². The number of likely N-dealkylation sites (tertiary alicyclic amines) is 1. The summed E-state index contributed by atoms with van der Waals surface area (Å²) in [5, 5.41) is 0. The fourth-order valence-electron chi connectivity index (χ4n) is 2.96. The molecule has 0 aromatic heterocycles. The van der Waals surface area contributed by atoms with Crippen molar-refractivity contribution >= 4 is 0 Å². The molecule has 2 aliphatic rings. The molecular weight excluding hydrogens is 172 g/mol. The average Bonchev–Trinajstić information content (AvgIpc) is 2.13. The molecule has 2 heteroatoms. The van der Waals surface area contributed by atoms with Crippen LogP contribution < -0.4 is 5.73 Å². The average molecular weight is 196 g/mol. The van der Waals surface area contributed by atoms with Crippen LogP contribution in [0.3, 0.4) is 0 Å². The van der Waals surface area contributed by atoms with Crippen molar-refractivity contribution in [2.75, 3.05) is 13.1 Å². The van der Waals surface area contributed by atoms with Crippen LogP contribution in [0.25, 0.3) is 0 Å². The fourth-order valence-corrected chi connectivity index (χ4v) is 2.96. The molecule has 1 aliphatic heterocycles. The molecule has 2 N–H and O–H groups in total. The SMILES string of the molecule is CC1CC(N2CCCC(C(C)N)C2)C1. The Morgan fingerprint density at radius 2 is 2.07 bits per heavy atom. The molecule has 2 nitrogen and oxygen atoms in total. The minimum Gasteiger partial charge on any atom is -0.328 e. The van der Waals surface area contributed by atoms with Crippen molar-refractivity contribution in [1.82, 2.24) is 4.90 Å². The van der Waals surface area contributed by atoms with Crippen molar-refractivity contribution < 1.29 is 0 Å². The predicted molar refractivity (Wildman–Crippen MR) is 60.1 cm³/mol.